The number of alkyl halides is 3. The fraction of sp³-hybridized carbons (Fsp3) is 0.438. The third kappa shape index (κ3) is 5.68. The number of halogens is 3. The lowest BCUT2D eigenvalue weighted by atomic mass is 10.1. The SMILES string of the molecule is CC(C)N(CC(=O)Nc1ccccc1C(F)(F)F)C(=O)CSc1nnnn1C. The standard InChI is InChI=1S/C16H19F3N6O2S/c1-10(2)25(14(27)9-28-15-21-22-23-24(15)3)8-13(26)20-12-7-5-4-6-11(12)16(17,18)19/h4-7,10H,8-9H2,1-3H3,(H,20,26). The van der Waals surface area contributed by atoms with E-state index in [2.05, 4.69) is 20.8 Å². The molecule has 2 aromatic rings. The Labute approximate surface area is 163 Å². The third-order valence-electron chi connectivity index (χ3n) is 3.67. The molecular formula is C16H19F3N6O2S. The van der Waals surface area contributed by atoms with Gasteiger partial charge < -0.3 is 10.2 Å². The molecule has 0 saturated carbocycles. The van der Waals surface area contributed by atoms with Crippen LogP contribution in [-0.4, -0.2) is 55.3 Å². The maximum absolute atomic E-state index is 13.0. The first-order valence-electron chi connectivity index (χ1n) is 8.20. The highest BCUT2D eigenvalue weighted by atomic mass is 32.2. The Hall–Kier alpha value is -2.63. The predicted molar refractivity (Wildman–Crippen MR) is 96.4 cm³/mol. The molecule has 0 aliphatic rings. The van der Waals surface area contributed by atoms with Gasteiger partial charge in [0.2, 0.25) is 17.0 Å². The van der Waals surface area contributed by atoms with Gasteiger partial charge in [0.1, 0.15) is 6.54 Å². The zero-order valence-corrected chi connectivity index (χ0v) is 16.2. The van der Waals surface area contributed by atoms with Gasteiger partial charge in [-0.2, -0.15) is 13.2 Å². The number of aryl methyl sites for hydroxylation is 1. The van der Waals surface area contributed by atoms with Crippen molar-refractivity contribution in [3.8, 4) is 0 Å². The summed E-state index contributed by atoms with van der Waals surface area (Å²) < 4.78 is 40.5. The average molecular weight is 416 g/mol. The van der Waals surface area contributed by atoms with Crippen molar-refractivity contribution >= 4 is 29.3 Å². The van der Waals surface area contributed by atoms with Gasteiger partial charge in [-0.25, -0.2) is 4.68 Å². The van der Waals surface area contributed by atoms with Gasteiger partial charge in [0.15, 0.2) is 0 Å². The molecule has 0 atom stereocenters. The largest absolute Gasteiger partial charge is 0.418 e. The molecule has 28 heavy (non-hydrogen) atoms. The number of thioether (sulfide) groups is 1. The second kappa shape index (κ2) is 9.04. The van der Waals surface area contributed by atoms with Gasteiger partial charge in [0, 0.05) is 13.1 Å². The van der Waals surface area contributed by atoms with Crippen molar-refractivity contribution < 1.29 is 22.8 Å². The molecule has 0 aliphatic carbocycles. The Balaban J connectivity index is 2.03. The molecule has 0 bridgehead atoms. The van der Waals surface area contributed by atoms with Crippen molar-refractivity contribution in [1.82, 2.24) is 25.1 Å². The molecule has 8 nitrogen and oxygen atoms in total. The van der Waals surface area contributed by atoms with Gasteiger partial charge in [-0.3, -0.25) is 9.59 Å². The molecule has 1 aromatic carbocycles. The highest BCUT2D eigenvalue weighted by molar-refractivity contribution is 7.99. The predicted octanol–water partition coefficient (Wildman–Crippen LogP) is 2.20. The minimum Gasteiger partial charge on any atom is -0.330 e. The highest BCUT2D eigenvalue weighted by Crippen LogP contribution is 2.34. The van der Waals surface area contributed by atoms with Crippen molar-refractivity contribution in [3.63, 3.8) is 0 Å². The molecule has 2 amide bonds. The quantitative estimate of drug-likeness (QED) is 0.696. The maximum Gasteiger partial charge on any atom is 0.418 e. The topological polar surface area (TPSA) is 93.0 Å². The lowest BCUT2D eigenvalue weighted by Gasteiger charge is -2.26. The molecule has 0 fully saturated rings. The van der Waals surface area contributed by atoms with Crippen LogP contribution < -0.4 is 5.32 Å². The Morgan fingerprint density at radius 1 is 1.29 bits per heavy atom. The maximum atomic E-state index is 13.0. The van der Waals surface area contributed by atoms with Gasteiger partial charge >= 0.3 is 6.18 Å². The number of amides is 2. The second-order valence-corrected chi connectivity index (χ2v) is 7.02. The number of tetrazole rings is 1. The zero-order chi connectivity index (χ0) is 20.9. The minimum atomic E-state index is -4.60. The summed E-state index contributed by atoms with van der Waals surface area (Å²) in [4.78, 5) is 26.0. The summed E-state index contributed by atoms with van der Waals surface area (Å²) in [6.45, 7) is 3.05. The molecule has 0 radical (unpaired) electrons. The first kappa shape index (κ1) is 21.7. The summed E-state index contributed by atoms with van der Waals surface area (Å²) >= 11 is 1.10. The number of nitrogens with zero attached hydrogens (tertiary/aromatic N) is 5. The van der Waals surface area contributed by atoms with Crippen molar-refractivity contribution in [2.24, 2.45) is 7.05 Å². The highest BCUT2D eigenvalue weighted by Gasteiger charge is 2.33. The summed E-state index contributed by atoms with van der Waals surface area (Å²) in [6, 6.07) is 4.35. The third-order valence-corrected chi connectivity index (χ3v) is 4.67. The van der Waals surface area contributed by atoms with Crippen LogP contribution in [0.3, 0.4) is 0 Å². The molecule has 1 heterocycles. The van der Waals surface area contributed by atoms with E-state index in [1.54, 1.807) is 20.9 Å². The average Bonchev–Trinajstić information content (AvgIpc) is 3.02. The fourth-order valence-corrected chi connectivity index (χ4v) is 3.03. The summed E-state index contributed by atoms with van der Waals surface area (Å²) in [5.41, 5.74) is -1.30. The Kier molecular flexibility index (Phi) is 7.00. The van der Waals surface area contributed by atoms with Gasteiger partial charge in [0.05, 0.1) is 17.0 Å². The van der Waals surface area contributed by atoms with E-state index in [-0.39, 0.29) is 29.9 Å². The lowest BCUT2D eigenvalue weighted by Crippen LogP contribution is -2.43. The van der Waals surface area contributed by atoms with Crippen LogP contribution in [0, 0.1) is 0 Å². The molecule has 1 aromatic heterocycles. The number of rotatable bonds is 7. The van der Waals surface area contributed by atoms with Crippen LogP contribution in [0.2, 0.25) is 0 Å². The van der Waals surface area contributed by atoms with E-state index < -0.39 is 17.6 Å². The summed E-state index contributed by atoms with van der Waals surface area (Å²) in [7, 11) is 1.62. The van der Waals surface area contributed by atoms with Crippen molar-refractivity contribution in [1.29, 1.82) is 0 Å². The summed E-state index contributed by atoms with van der Waals surface area (Å²) in [6.07, 6.45) is -4.60. The summed E-state index contributed by atoms with van der Waals surface area (Å²) in [5, 5.41) is 13.5. The van der Waals surface area contributed by atoms with E-state index in [4.69, 9.17) is 0 Å². The van der Waals surface area contributed by atoms with Gasteiger partial charge in [-0.1, -0.05) is 23.9 Å². The van der Waals surface area contributed by atoms with Gasteiger partial charge in [-0.15, -0.1) is 5.10 Å². The number of hydrogen-bond donors (Lipinski definition) is 1. The van der Waals surface area contributed by atoms with E-state index in [1.165, 1.54) is 27.8 Å². The van der Waals surface area contributed by atoms with Gasteiger partial charge in [0.25, 0.3) is 0 Å². The molecule has 12 heteroatoms. The van der Waals surface area contributed by atoms with E-state index in [1.807, 2.05) is 0 Å². The van der Waals surface area contributed by atoms with Crippen LogP contribution in [0.1, 0.15) is 19.4 Å². The number of hydrogen-bond acceptors (Lipinski definition) is 6. The number of nitrogens with one attached hydrogen (secondary N) is 1. The summed E-state index contributed by atoms with van der Waals surface area (Å²) in [5.74, 6) is -1.09. The molecule has 1 N–H and O–H groups in total. The molecule has 0 spiro atoms. The van der Waals surface area contributed by atoms with Crippen LogP contribution in [0.15, 0.2) is 29.4 Å². The molecule has 0 unspecified atom stereocenters. The lowest BCUT2D eigenvalue weighted by molar-refractivity contribution is -0.137. The number of benzene rings is 1. The van der Waals surface area contributed by atoms with Crippen molar-refractivity contribution in [3.05, 3.63) is 29.8 Å². The van der Waals surface area contributed by atoms with Crippen LogP contribution >= 0.6 is 11.8 Å². The van der Waals surface area contributed by atoms with Crippen LogP contribution in [0.5, 0.6) is 0 Å². The monoisotopic (exact) mass is 416 g/mol. The number of carbonyl (C=O) groups is 2. The second-order valence-electron chi connectivity index (χ2n) is 6.08. The smallest absolute Gasteiger partial charge is 0.330 e. The van der Waals surface area contributed by atoms with Crippen LogP contribution in [-0.2, 0) is 22.8 Å². The minimum absolute atomic E-state index is 0.0151. The molecular weight excluding hydrogens is 397 g/mol. The normalized spacial score (nSPS) is 11.5. The Bertz CT molecular complexity index is 840. The number of carbonyl (C=O) groups excluding carboxylic acids is 2. The Morgan fingerprint density at radius 3 is 2.54 bits per heavy atom. The van der Waals surface area contributed by atoms with E-state index >= 15 is 0 Å². The number of aromatic nitrogens is 4. The van der Waals surface area contributed by atoms with Crippen molar-refractivity contribution in [2.75, 3.05) is 17.6 Å². The van der Waals surface area contributed by atoms with Gasteiger partial charge in [-0.05, 0) is 36.4 Å². The van der Waals surface area contributed by atoms with E-state index in [0.717, 1.165) is 17.8 Å². The van der Waals surface area contributed by atoms with Crippen LogP contribution in [0.25, 0.3) is 0 Å². The molecule has 2 rings (SSSR count). The Morgan fingerprint density at radius 2 is 1.96 bits per heavy atom. The van der Waals surface area contributed by atoms with E-state index in [9.17, 15) is 22.8 Å². The number of anilines is 1. The molecule has 0 saturated heterocycles. The first-order chi connectivity index (χ1) is 13.1. The van der Waals surface area contributed by atoms with E-state index in [0.29, 0.717) is 5.16 Å². The first-order valence-corrected chi connectivity index (χ1v) is 9.19. The zero-order valence-electron chi connectivity index (χ0n) is 15.4. The number of para-hydroxylation sites is 1. The molecule has 152 valence electrons. The fourth-order valence-electron chi connectivity index (χ4n) is 2.30. The molecule has 0 aliphatic heterocycles. The van der Waals surface area contributed by atoms with Crippen molar-refractivity contribution in [2.45, 2.75) is 31.2 Å². The van der Waals surface area contributed by atoms with Crippen LogP contribution in [0.4, 0.5) is 18.9 Å².